The zero-order chi connectivity index (χ0) is 16.1. The van der Waals surface area contributed by atoms with Crippen molar-refractivity contribution in [1.82, 2.24) is 20.0 Å². The zero-order valence-corrected chi connectivity index (χ0v) is 14.1. The van der Waals surface area contributed by atoms with E-state index in [0.29, 0.717) is 11.6 Å². The minimum absolute atomic E-state index is 0.0451. The van der Waals surface area contributed by atoms with Gasteiger partial charge in [-0.15, -0.1) is 0 Å². The van der Waals surface area contributed by atoms with Gasteiger partial charge in [0.1, 0.15) is 6.54 Å². The van der Waals surface area contributed by atoms with Crippen LogP contribution in [0.25, 0.3) is 0 Å². The molecule has 0 spiro atoms. The van der Waals surface area contributed by atoms with Gasteiger partial charge in [0.15, 0.2) is 0 Å². The molecule has 0 bridgehead atoms. The van der Waals surface area contributed by atoms with E-state index in [0.717, 1.165) is 50.3 Å². The number of hydrogen-bond acceptors (Lipinski definition) is 4. The highest BCUT2D eigenvalue weighted by Gasteiger charge is 2.16. The maximum atomic E-state index is 11.9. The first-order chi connectivity index (χ1) is 10.5. The van der Waals surface area contributed by atoms with Gasteiger partial charge in [0.25, 0.3) is 0 Å². The maximum Gasteiger partial charge on any atom is 0.241 e. The first-order valence-electron chi connectivity index (χ1n) is 7.84. The number of hydrogen-bond donors (Lipinski definition) is 2. The Morgan fingerprint density at radius 2 is 2.09 bits per heavy atom. The SMILES string of the molecule is Cc1nn(CC(=O)NCCCN2CCC(O)CC2)c(C)c1Cl. The number of aliphatic hydroxyl groups is 1. The number of piperidine rings is 1. The fourth-order valence-corrected chi connectivity index (χ4v) is 2.83. The van der Waals surface area contributed by atoms with E-state index >= 15 is 0 Å². The highest BCUT2D eigenvalue weighted by Crippen LogP contribution is 2.18. The monoisotopic (exact) mass is 328 g/mol. The zero-order valence-electron chi connectivity index (χ0n) is 13.3. The molecule has 0 saturated carbocycles. The second-order valence-electron chi connectivity index (χ2n) is 5.92. The van der Waals surface area contributed by atoms with E-state index in [1.54, 1.807) is 4.68 Å². The normalized spacial score (nSPS) is 16.9. The number of rotatable bonds is 6. The van der Waals surface area contributed by atoms with Gasteiger partial charge in [0, 0.05) is 19.6 Å². The van der Waals surface area contributed by atoms with E-state index in [1.165, 1.54) is 0 Å². The molecule has 0 unspecified atom stereocenters. The van der Waals surface area contributed by atoms with Crippen LogP contribution in [0.1, 0.15) is 30.7 Å². The van der Waals surface area contributed by atoms with Crippen LogP contribution in [0, 0.1) is 13.8 Å². The van der Waals surface area contributed by atoms with E-state index in [2.05, 4.69) is 15.3 Å². The molecule has 1 aliphatic heterocycles. The van der Waals surface area contributed by atoms with Crippen molar-refractivity contribution in [3.05, 3.63) is 16.4 Å². The lowest BCUT2D eigenvalue weighted by atomic mass is 10.1. The van der Waals surface area contributed by atoms with E-state index in [9.17, 15) is 9.90 Å². The lowest BCUT2D eigenvalue weighted by molar-refractivity contribution is -0.121. The van der Waals surface area contributed by atoms with Crippen molar-refractivity contribution in [3.63, 3.8) is 0 Å². The molecule has 0 aliphatic carbocycles. The molecule has 1 fully saturated rings. The molecule has 1 aliphatic rings. The molecule has 2 N–H and O–H groups in total. The summed E-state index contributed by atoms with van der Waals surface area (Å²) in [6.45, 7) is 7.40. The summed E-state index contributed by atoms with van der Waals surface area (Å²) >= 11 is 6.07. The molecule has 2 heterocycles. The third-order valence-electron chi connectivity index (χ3n) is 4.12. The number of nitrogens with one attached hydrogen (secondary N) is 1. The topological polar surface area (TPSA) is 70.4 Å². The Kier molecular flexibility index (Phi) is 6.23. The summed E-state index contributed by atoms with van der Waals surface area (Å²) in [4.78, 5) is 14.3. The van der Waals surface area contributed by atoms with Gasteiger partial charge < -0.3 is 15.3 Å². The number of carbonyl (C=O) groups excluding carboxylic acids is 1. The molecule has 0 aromatic carbocycles. The van der Waals surface area contributed by atoms with E-state index < -0.39 is 0 Å². The largest absolute Gasteiger partial charge is 0.393 e. The van der Waals surface area contributed by atoms with Gasteiger partial charge in [-0.2, -0.15) is 5.10 Å². The Hall–Kier alpha value is -1.11. The Morgan fingerprint density at radius 3 is 2.68 bits per heavy atom. The van der Waals surface area contributed by atoms with E-state index in [4.69, 9.17) is 11.6 Å². The number of aromatic nitrogens is 2. The Morgan fingerprint density at radius 1 is 1.41 bits per heavy atom. The number of amides is 1. The number of aliphatic hydroxyl groups excluding tert-OH is 1. The summed E-state index contributed by atoms with van der Waals surface area (Å²) in [6.07, 6.45) is 2.49. The molecule has 124 valence electrons. The average molecular weight is 329 g/mol. The molecular formula is C15H25ClN4O2. The molecule has 1 aromatic rings. The molecular weight excluding hydrogens is 304 g/mol. The number of carbonyl (C=O) groups is 1. The van der Waals surface area contributed by atoms with Crippen molar-refractivity contribution in [1.29, 1.82) is 0 Å². The summed E-state index contributed by atoms with van der Waals surface area (Å²) in [5.74, 6) is -0.0451. The van der Waals surface area contributed by atoms with Crippen molar-refractivity contribution < 1.29 is 9.90 Å². The van der Waals surface area contributed by atoms with Crippen LogP contribution in [0.5, 0.6) is 0 Å². The molecule has 6 nitrogen and oxygen atoms in total. The molecule has 2 rings (SSSR count). The van der Waals surface area contributed by atoms with Crippen LogP contribution in [-0.4, -0.2) is 58.0 Å². The predicted molar refractivity (Wildman–Crippen MR) is 86.0 cm³/mol. The van der Waals surface area contributed by atoms with Gasteiger partial charge >= 0.3 is 0 Å². The molecule has 7 heteroatoms. The van der Waals surface area contributed by atoms with Crippen molar-refractivity contribution in [2.24, 2.45) is 0 Å². The van der Waals surface area contributed by atoms with Crippen LogP contribution in [0.4, 0.5) is 0 Å². The van der Waals surface area contributed by atoms with Crippen molar-refractivity contribution in [2.75, 3.05) is 26.2 Å². The number of nitrogens with zero attached hydrogens (tertiary/aromatic N) is 3. The minimum atomic E-state index is -0.136. The highest BCUT2D eigenvalue weighted by molar-refractivity contribution is 6.31. The van der Waals surface area contributed by atoms with Crippen LogP contribution in [-0.2, 0) is 11.3 Å². The van der Waals surface area contributed by atoms with E-state index in [-0.39, 0.29) is 18.6 Å². The predicted octanol–water partition coefficient (Wildman–Crippen LogP) is 1.12. The smallest absolute Gasteiger partial charge is 0.241 e. The van der Waals surface area contributed by atoms with Gasteiger partial charge in [-0.1, -0.05) is 11.6 Å². The van der Waals surface area contributed by atoms with Crippen molar-refractivity contribution in [2.45, 2.75) is 45.8 Å². The molecule has 1 aromatic heterocycles. The maximum absolute atomic E-state index is 11.9. The standard InChI is InChI=1S/C15H25ClN4O2/c1-11-15(16)12(2)20(18-11)10-14(22)17-6-3-7-19-8-4-13(21)5-9-19/h13,21H,3-10H2,1-2H3,(H,17,22). The average Bonchev–Trinajstić information content (AvgIpc) is 2.73. The summed E-state index contributed by atoms with van der Waals surface area (Å²) < 4.78 is 1.64. The third-order valence-corrected chi connectivity index (χ3v) is 4.66. The molecule has 0 atom stereocenters. The van der Waals surface area contributed by atoms with Crippen LogP contribution in [0.15, 0.2) is 0 Å². The Bertz CT molecular complexity index is 510. The third kappa shape index (κ3) is 4.69. The van der Waals surface area contributed by atoms with Gasteiger partial charge in [-0.25, -0.2) is 0 Å². The van der Waals surface area contributed by atoms with Gasteiger partial charge in [-0.3, -0.25) is 9.48 Å². The van der Waals surface area contributed by atoms with Gasteiger partial charge in [0.05, 0.1) is 22.5 Å². The Labute approximate surface area is 136 Å². The first kappa shape index (κ1) is 17.2. The highest BCUT2D eigenvalue weighted by atomic mass is 35.5. The first-order valence-corrected chi connectivity index (χ1v) is 8.21. The molecule has 1 saturated heterocycles. The lowest BCUT2D eigenvalue weighted by Gasteiger charge is -2.29. The van der Waals surface area contributed by atoms with Crippen molar-refractivity contribution in [3.8, 4) is 0 Å². The number of halogens is 1. The minimum Gasteiger partial charge on any atom is -0.393 e. The van der Waals surface area contributed by atoms with Crippen LogP contribution < -0.4 is 5.32 Å². The molecule has 22 heavy (non-hydrogen) atoms. The number of aryl methyl sites for hydroxylation is 1. The van der Waals surface area contributed by atoms with E-state index in [1.807, 2.05) is 13.8 Å². The molecule has 1 amide bonds. The Balaban J connectivity index is 1.64. The number of likely N-dealkylation sites (tertiary alicyclic amines) is 1. The summed E-state index contributed by atoms with van der Waals surface area (Å²) in [5, 5.41) is 17.2. The van der Waals surface area contributed by atoms with Gasteiger partial charge in [0.2, 0.25) is 5.91 Å². The second-order valence-corrected chi connectivity index (χ2v) is 6.30. The molecule has 0 radical (unpaired) electrons. The summed E-state index contributed by atoms with van der Waals surface area (Å²) in [6, 6.07) is 0. The van der Waals surface area contributed by atoms with Crippen LogP contribution >= 0.6 is 11.6 Å². The fourth-order valence-electron chi connectivity index (χ4n) is 2.69. The lowest BCUT2D eigenvalue weighted by Crippen LogP contribution is -2.38. The fraction of sp³-hybridized carbons (Fsp3) is 0.733. The second kappa shape index (κ2) is 7.94. The summed E-state index contributed by atoms with van der Waals surface area (Å²) in [7, 11) is 0. The van der Waals surface area contributed by atoms with Gasteiger partial charge in [-0.05, 0) is 39.7 Å². The van der Waals surface area contributed by atoms with Crippen LogP contribution in [0.3, 0.4) is 0 Å². The van der Waals surface area contributed by atoms with Crippen LogP contribution in [0.2, 0.25) is 5.02 Å². The summed E-state index contributed by atoms with van der Waals surface area (Å²) in [5.41, 5.74) is 1.57. The quantitative estimate of drug-likeness (QED) is 0.768. The van der Waals surface area contributed by atoms with Crippen molar-refractivity contribution >= 4 is 17.5 Å².